The maximum absolute atomic E-state index is 12.3. The number of fused-ring (bicyclic) bond motifs is 2. The minimum absolute atomic E-state index is 0.220. The molecule has 0 amide bonds. The molecule has 3 aromatic carbocycles. The van der Waals surface area contributed by atoms with Gasteiger partial charge < -0.3 is 4.74 Å². The van der Waals surface area contributed by atoms with E-state index in [0.29, 0.717) is 5.56 Å². The van der Waals surface area contributed by atoms with E-state index in [1.165, 1.54) is 0 Å². The number of nitrogens with zero attached hydrogens (tertiary/aromatic N) is 1. The van der Waals surface area contributed by atoms with E-state index in [0.717, 1.165) is 27.4 Å². The summed E-state index contributed by atoms with van der Waals surface area (Å²) < 4.78 is 5.56. The summed E-state index contributed by atoms with van der Waals surface area (Å²) >= 11 is 0. The van der Waals surface area contributed by atoms with Crippen LogP contribution in [0.25, 0.3) is 21.8 Å². The third-order valence-corrected chi connectivity index (χ3v) is 4.06. The van der Waals surface area contributed by atoms with E-state index in [4.69, 9.17) is 4.74 Å². The van der Waals surface area contributed by atoms with Crippen molar-refractivity contribution in [1.82, 2.24) is 4.98 Å². The van der Waals surface area contributed by atoms with Crippen molar-refractivity contribution in [3.8, 4) is 0 Å². The smallest absolute Gasteiger partial charge is 0.338 e. The summed E-state index contributed by atoms with van der Waals surface area (Å²) in [6.07, 6.45) is 0. The first-order valence-corrected chi connectivity index (χ1v) is 7.81. The molecule has 0 atom stereocenters. The number of hydrogen-bond acceptors (Lipinski definition) is 3. The summed E-state index contributed by atoms with van der Waals surface area (Å²) in [5, 5.41) is 2.02. The molecule has 0 N–H and O–H groups in total. The van der Waals surface area contributed by atoms with Crippen LogP contribution in [0.1, 0.15) is 15.9 Å². The van der Waals surface area contributed by atoms with Crippen molar-refractivity contribution in [3.63, 3.8) is 0 Å². The van der Waals surface area contributed by atoms with Crippen LogP contribution in [-0.4, -0.2) is 11.0 Å². The molecule has 4 aromatic rings. The van der Waals surface area contributed by atoms with Crippen LogP contribution in [-0.2, 0) is 11.3 Å². The van der Waals surface area contributed by atoms with Gasteiger partial charge >= 0.3 is 5.97 Å². The zero-order chi connectivity index (χ0) is 16.4. The van der Waals surface area contributed by atoms with Crippen LogP contribution in [0.5, 0.6) is 0 Å². The van der Waals surface area contributed by atoms with Gasteiger partial charge in [0.2, 0.25) is 0 Å². The molecule has 116 valence electrons. The number of para-hydroxylation sites is 2. The van der Waals surface area contributed by atoms with E-state index in [9.17, 15) is 4.79 Å². The number of aromatic nitrogens is 1. The lowest BCUT2D eigenvalue weighted by Crippen LogP contribution is -2.06. The summed E-state index contributed by atoms with van der Waals surface area (Å²) in [5.74, 6) is -0.319. The second kappa shape index (κ2) is 6.13. The molecular formula is C21H15NO2. The molecule has 0 bridgehead atoms. The molecule has 0 radical (unpaired) electrons. The predicted octanol–water partition coefficient (Wildman–Crippen LogP) is 4.75. The molecule has 3 nitrogen and oxygen atoms in total. The first kappa shape index (κ1) is 14.4. The molecule has 0 fully saturated rings. The number of esters is 1. The highest BCUT2D eigenvalue weighted by Crippen LogP contribution is 2.26. The summed E-state index contributed by atoms with van der Waals surface area (Å²) in [4.78, 5) is 16.9. The van der Waals surface area contributed by atoms with Gasteiger partial charge in [-0.15, -0.1) is 0 Å². The highest BCUT2D eigenvalue weighted by Gasteiger charge is 2.12. The highest BCUT2D eigenvalue weighted by molar-refractivity contribution is 5.97. The average Bonchev–Trinajstić information content (AvgIpc) is 2.65. The molecule has 0 unspecified atom stereocenters. The number of rotatable bonds is 3. The largest absolute Gasteiger partial charge is 0.457 e. The van der Waals surface area contributed by atoms with Gasteiger partial charge in [-0.2, -0.15) is 0 Å². The number of ether oxygens (including phenoxy) is 1. The zero-order valence-electron chi connectivity index (χ0n) is 13.0. The minimum Gasteiger partial charge on any atom is -0.457 e. The van der Waals surface area contributed by atoms with Gasteiger partial charge in [-0.25, -0.2) is 9.78 Å². The molecule has 1 heterocycles. The summed E-state index contributed by atoms with van der Waals surface area (Å²) in [5.41, 5.74) is 3.35. The molecule has 0 aliphatic rings. The monoisotopic (exact) mass is 313 g/mol. The highest BCUT2D eigenvalue weighted by atomic mass is 16.5. The predicted molar refractivity (Wildman–Crippen MR) is 94.8 cm³/mol. The Bertz CT molecular complexity index is 972. The summed E-state index contributed by atoms with van der Waals surface area (Å²) in [6.45, 7) is 0.220. The molecule has 3 heteroatoms. The maximum atomic E-state index is 12.3. The van der Waals surface area contributed by atoms with E-state index in [2.05, 4.69) is 4.98 Å². The molecule has 1 aromatic heterocycles. The number of hydrogen-bond donors (Lipinski definition) is 0. The fourth-order valence-corrected chi connectivity index (χ4v) is 2.88. The third-order valence-electron chi connectivity index (χ3n) is 4.06. The van der Waals surface area contributed by atoms with Gasteiger partial charge in [0, 0.05) is 16.3 Å². The SMILES string of the molecule is O=C(OCc1c2ccccc2nc2ccccc12)c1ccccc1. The van der Waals surface area contributed by atoms with Crippen molar-refractivity contribution in [1.29, 1.82) is 0 Å². The van der Waals surface area contributed by atoms with Gasteiger partial charge in [0.05, 0.1) is 16.6 Å². The van der Waals surface area contributed by atoms with E-state index in [1.807, 2.05) is 66.7 Å². The van der Waals surface area contributed by atoms with Gasteiger partial charge in [-0.1, -0.05) is 54.6 Å². The Balaban J connectivity index is 1.75. The van der Waals surface area contributed by atoms with Crippen LogP contribution < -0.4 is 0 Å². The zero-order valence-corrected chi connectivity index (χ0v) is 13.0. The number of pyridine rings is 1. The topological polar surface area (TPSA) is 39.2 Å². The van der Waals surface area contributed by atoms with E-state index in [-0.39, 0.29) is 12.6 Å². The Morgan fingerprint density at radius 1 is 0.750 bits per heavy atom. The quantitative estimate of drug-likeness (QED) is 0.405. The Labute approximate surface area is 139 Å². The molecule has 0 aliphatic carbocycles. The normalized spacial score (nSPS) is 10.8. The van der Waals surface area contributed by atoms with Crippen LogP contribution in [0.3, 0.4) is 0 Å². The van der Waals surface area contributed by atoms with E-state index in [1.54, 1.807) is 12.1 Å². The summed E-state index contributed by atoms with van der Waals surface area (Å²) in [6, 6.07) is 24.9. The second-order valence-corrected chi connectivity index (χ2v) is 5.57. The standard InChI is InChI=1S/C21H15NO2/c23-21(15-8-2-1-3-9-15)24-14-18-16-10-4-6-12-19(16)22-20-13-7-5-11-17(18)20/h1-13H,14H2. The molecule has 0 spiro atoms. The molecule has 0 saturated heterocycles. The van der Waals surface area contributed by atoms with Crippen LogP contribution in [0, 0.1) is 0 Å². The maximum Gasteiger partial charge on any atom is 0.338 e. The van der Waals surface area contributed by atoms with Gasteiger partial charge in [-0.3, -0.25) is 0 Å². The first-order valence-electron chi connectivity index (χ1n) is 7.81. The van der Waals surface area contributed by atoms with Crippen molar-refractivity contribution >= 4 is 27.8 Å². The fourth-order valence-electron chi connectivity index (χ4n) is 2.88. The van der Waals surface area contributed by atoms with Crippen LogP contribution in [0.15, 0.2) is 78.9 Å². The first-order chi connectivity index (χ1) is 11.8. The van der Waals surface area contributed by atoms with E-state index >= 15 is 0 Å². The number of carbonyl (C=O) groups excluding carboxylic acids is 1. The van der Waals surface area contributed by atoms with Crippen LogP contribution in [0.2, 0.25) is 0 Å². The molecule has 4 rings (SSSR count). The van der Waals surface area contributed by atoms with Gasteiger partial charge in [0.15, 0.2) is 0 Å². The Morgan fingerprint density at radius 3 is 1.92 bits per heavy atom. The lowest BCUT2D eigenvalue weighted by atomic mass is 10.0. The van der Waals surface area contributed by atoms with Crippen LogP contribution >= 0.6 is 0 Å². The van der Waals surface area contributed by atoms with Gasteiger partial charge in [-0.05, 0) is 24.3 Å². The lowest BCUT2D eigenvalue weighted by molar-refractivity contribution is 0.0476. The molecule has 0 saturated carbocycles. The molecule has 0 aliphatic heterocycles. The average molecular weight is 313 g/mol. The fraction of sp³-hybridized carbons (Fsp3) is 0.0476. The Hall–Kier alpha value is -3.20. The van der Waals surface area contributed by atoms with Crippen molar-refractivity contribution in [2.75, 3.05) is 0 Å². The van der Waals surface area contributed by atoms with Crippen molar-refractivity contribution in [3.05, 3.63) is 90.0 Å². The van der Waals surface area contributed by atoms with Crippen LogP contribution in [0.4, 0.5) is 0 Å². The minimum atomic E-state index is -0.319. The number of benzene rings is 3. The number of carbonyl (C=O) groups is 1. The molecular weight excluding hydrogens is 298 g/mol. The van der Waals surface area contributed by atoms with Crippen molar-refractivity contribution < 1.29 is 9.53 Å². The Kier molecular flexibility index (Phi) is 3.67. The van der Waals surface area contributed by atoms with Crippen molar-refractivity contribution in [2.24, 2.45) is 0 Å². The van der Waals surface area contributed by atoms with Crippen molar-refractivity contribution in [2.45, 2.75) is 6.61 Å². The second-order valence-electron chi connectivity index (χ2n) is 5.57. The van der Waals surface area contributed by atoms with E-state index < -0.39 is 0 Å². The summed E-state index contributed by atoms with van der Waals surface area (Å²) in [7, 11) is 0. The Morgan fingerprint density at radius 2 is 1.29 bits per heavy atom. The van der Waals surface area contributed by atoms with Gasteiger partial charge in [0.1, 0.15) is 6.61 Å². The molecule has 24 heavy (non-hydrogen) atoms. The third kappa shape index (κ3) is 2.61. The lowest BCUT2D eigenvalue weighted by Gasteiger charge is -2.11. The van der Waals surface area contributed by atoms with Gasteiger partial charge in [0.25, 0.3) is 0 Å².